The quantitative estimate of drug-likeness (QED) is 0.884. The molecular weight excluding hydrogens is 314 g/mol. The van der Waals surface area contributed by atoms with Gasteiger partial charge in [-0.3, -0.25) is 4.79 Å². The fourth-order valence-corrected chi connectivity index (χ4v) is 2.27. The number of aliphatic hydroxyl groups excluding tert-OH is 1. The highest BCUT2D eigenvalue weighted by atomic mass is 19.2. The van der Waals surface area contributed by atoms with Crippen molar-refractivity contribution in [2.24, 2.45) is 0 Å². The first kappa shape index (κ1) is 17.9. The van der Waals surface area contributed by atoms with Crippen molar-refractivity contribution in [3.63, 3.8) is 0 Å². The Labute approximate surface area is 139 Å². The number of aliphatic hydroxyl groups is 1. The zero-order valence-electron chi connectivity index (χ0n) is 13.8. The number of rotatable bonds is 5. The summed E-state index contributed by atoms with van der Waals surface area (Å²) in [4.78, 5) is 14.1. The van der Waals surface area contributed by atoms with E-state index >= 15 is 0 Å². The molecule has 0 aliphatic carbocycles. The van der Waals surface area contributed by atoms with Crippen LogP contribution in [-0.4, -0.2) is 31.2 Å². The number of halogens is 2. The third-order valence-corrected chi connectivity index (χ3v) is 3.76. The van der Waals surface area contributed by atoms with Crippen molar-refractivity contribution < 1.29 is 18.7 Å². The van der Waals surface area contributed by atoms with E-state index in [1.165, 1.54) is 6.07 Å². The van der Waals surface area contributed by atoms with E-state index in [4.69, 9.17) is 0 Å². The Morgan fingerprint density at radius 3 is 2.25 bits per heavy atom. The van der Waals surface area contributed by atoms with Gasteiger partial charge in [0.1, 0.15) is 0 Å². The van der Waals surface area contributed by atoms with Gasteiger partial charge in [0, 0.05) is 25.3 Å². The Kier molecular flexibility index (Phi) is 5.51. The standard InChI is InChI=1S/C18H20F2N2O2/c1-11(17(23)13-6-9-15(19)16(20)10-13)21-18(24)12-4-7-14(8-5-12)22(2)3/h4-11,17,23H,1-3H3,(H,21,24). The number of carbonyl (C=O) groups excluding carboxylic acids is 1. The maximum absolute atomic E-state index is 13.3. The second-order valence-corrected chi connectivity index (χ2v) is 5.82. The van der Waals surface area contributed by atoms with Gasteiger partial charge in [-0.05, 0) is 48.9 Å². The Bertz CT molecular complexity index is 717. The Morgan fingerprint density at radius 2 is 1.71 bits per heavy atom. The van der Waals surface area contributed by atoms with Crippen LogP contribution in [0.4, 0.5) is 14.5 Å². The van der Waals surface area contributed by atoms with Crippen molar-refractivity contribution in [2.45, 2.75) is 19.1 Å². The average molecular weight is 334 g/mol. The highest BCUT2D eigenvalue weighted by Gasteiger charge is 2.20. The second kappa shape index (κ2) is 7.40. The molecular formula is C18H20F2N2O2. The number of nitrogens with zero attached hydrogens (tertiary/aromatic N) is 1. The molecule has 0 radical (unpaired) electrons. The third kappa shape index (κ3) is 4.08. The van der Waals surface area contributed by atoms with Crippen LogP contribution in [0.2, 0.25) is 0 Å². The van der Waals surface area contributed by atoms with Crippen LogP contribution >= 0.6 is 0 Å². The second-order valence-electron chi connectivity index (χ2n) is 5.82. The molecule has 2 aromatic rings. The predicted octanol–water partition coefficient (Wildman–Crippen LogP) is 2.88. The highest BCUT2D eigenvalue weighted by molar-refractivity contribution is 5.94. The van der Waals surface area contributed by atoms with Crippen LogP contribution in [0.25, 0.3) is 0 Å². The Hall–Kier alpha value is -2.47. The summed E-state index contributed by atoms with van der Waals surface area (Å²) in [5.41, 5.74) is 1.61. The summed E-state index contributed by atoms with van der Waals surface area (Å²) in [6, 6.07) is 9.48. The van der Waals surface area contributed by atoms with E-state index in [-0.39, 0.29) is 11.5 Å². The summed E-state index contributed by atoms with van der Waals surface area (Å²) >= 11 is 0. The van der Waals surface area contributed by atoms with Gasteiger partial charge >= 0.3 is 0 Å². The number of hydrogen-bond donors (Lipinski definition) is 2. The molecule has 0 fully saturated rings. The molecule has 2 aromatic carbocycles. The van der Waals surface area contributed by atoms with Gasteiger partial charge in [0.05, 0.1) is 12.1 Å². The van der Waals surface area contributed by atoms with Crippen LogP contribution in [0.3, 0.4) is 0 Å². The normalized spacial score (nSPS) is 13.2. The van der Waals surface area contributed by atoms with Gasteiger partial charge in [-0.15, -0.1) is 0 Å². The van der Waals surface area contributed by atoms with E-state index in [2.05, 4.69) is 5.32 Å². The van der Waals surface area contributed by atoms with Crippen molar-refractivity contribution in [1.82, 2.24) is 5.32 Å². The smallest absolute Gasteiger partial charge is 0.251 e. The zero-order valence-corrected chi connectivity index (χ0v) is 13.8. The fraction of sp³-hybridized carbons (Fsp3) is 0.278. The lowest BCUT2D eigenvalue weighted by atomic mass is 10.0. The molecule has 1 amide bonds. The minimum atomic E-state index is -1.15. The summed E-state index contributed by atoms with van der Waals surface area (Å²) in [6.07, 6.45) is -1.15. The lowest BCUT2D eigenvalue weighted by Crippen LogP contribution is -2.37. The molecule has 0 spiro atoms. The molecule has 0 aliphatic heterocycles. The van der Waals surface area contributed by atoms with Crippen LogP contribution in [0.15, 0.2) is 42.5 Å². The molecule has 0 bridgehead atoms. The summed E-state index contributed by atoms with van der Waals surface area (Å²) in [6.45, 7) is 1.60. The van der Waals surface area contributed by atoms with Crippen molar-refractivity contribution in [3.8, 4) is 0 Å². The number of hydrogen-bond acceptors (Lipinski definition) is 3. The molecule has 0 heterocycles. The highest BCUT2D eigenvalue weighted by Crippen LogP contribution is 2.20. The van der Waals surface area contributed by atoms with Crippen molar-refractivity contribution in [1.29, 1.82) is 0 Å². The molecule has 0 aromatic heterocycles. The molecule has 2 atom stereocenters. The molecule has 6 heteroatoms. The fourth-order valence-electron chi connectivity index (χ4n) is 2.27. The average Bonchev–Trinajstić information content (AvgIpc) is 2.56. The maximum Gasteiger partial charge on any atom is 0.251 e. The predicted molar refractivity (Wildman–Crippen MR) is 89.0 cm³/mol. The summed E-state index contributed by atoms with van der Waals surface area (Å²) < 4.78 is 26.2. The van der Waals surface area contributed by atoms with Gasteiger partial charge in [-0.25, -0.2) is 8.78 Å². The van der Waals surface area contributed by atoms with E-state index in [1.807, 2.05) is 31.1 Å². The molecule has 2 rings (SSSR count). The minimum absolute atomic E-state index is 0.199. The van der Waals surface area contributed by atoms with Gasteiger partial charge in [0.15, 0.2) is 11.6 Å². The Balaban J connectivity index is 2.05. The first-order valence-electron chi connectivity index (χ1n) is 7.51. The van der Waals surface area contributed by atoms with E-state index in [1.54, 1.807) is 19.1 Å². The summed E-state index contributed by atoms with van der Waals surface area (Å²) in [5, 5.41) is 12.9. The summed E-state index contributed by atoms with van der Waals surface area (Å²) in [5.74, 6) is -2.37. The van der Waals surface area contributed by atoms with Crippen LogP contribution < -0.4 is 10.2 Å². The third-order valence-electron chi connectivity index (χ3n) is 3.76. The van der Waals surface area contributed by atoms with Crippen LogP contribution in [0.5, 0.6) is 0 Å². The molecule has 0 saturated heterocycles. The number of carbonyl (C=O) groups is 1. The molecule has 0 aliphatic rings. The molecule has 128 valence electrons. The molecule has 2 N–H and O–H groups in total. The van der Waals surface area contributed by atoms with E-state index in [0.717, 1.165) is 17.8 Å². The van der Waals surface area contributed by atoms with Crippen molar-refractivity contribution >= 4 is 11.6 Å². The monoisotopic (exact) mass is 334 g/mol. The maximum atomic E-state index is 13.3. The number of amides is 1. The molecule has 0 saturated carbocycles. The van der Waals surface area contributed by atoms with Gasteiger partial charge in [-0.2, -0.15) is 0 Å². The molecule has 24 heavy (non-hydrogen) atoms. The van der Waals surface area contributed by atoms with Gasteiger partial charge in [-0.1, -0.05) is 6.07 Å². The van der Waals surface area contributed by atoms with Gasteiger partial charge < -0.3 is 15.3 Å². The number of anilines is 1. The molecule has 2 unspecified atom stereocenters. The number of benzene rings is 2. The SMILES string of the molecule is CC(NC(=O)c1ccc(N(C)C)cc1)C(O)c1ccc(F)c(F)c1. The lowest BCUT2D eigenvalue weighted by molar-refractivity contribution is 0.0851. The lowest BCUT2D eigenvalue weighted by Gasteiger charge is -2.21. The van der Waals surface area contributed by atoms with Crippen LogP contribution in [0, 0.1) is 11.6 Å². The first-order chi connectivity index (χ1) is 11.3. The molecule has 4 nitrogen and oxygen atoms in total. The summed E-state index contributed by atoms with van der Waals surface area (Å²) in [7, 11) is 3.80. The van der Waals surface area contributed by atoms with E-state index in [0.29, 0.717) is 5.56 Å². The van der Waals surface area contributed by atoms with Crippen molar-refractivity contribution in [2.75, 3.05) is 19.0 Å². The minimum Gasteiger partial charge on any atom is -0.386 e. The zero-order chi connectivity index (χ0) is 17.9. The number of nitrogens with one attached hydrogen (secondary N) is 1. The largest absolute Gasteiger partial charge is 0.386 e. The van der Waals surface area contributed by atoms with Gasteiger partial charge in [0.2, 0.25) is 0 Å². The van der Waals surface area contributed by atoms with Crippen LogP contribution in [-0.2, 0) is 0 Å². The van der Waals surface area contributed by atoms with Crippen LogP contribution in [0.1, 0.15) is 28.9 Å². The Morgan fingerprint density at radius 1 is 1.08 bits per heavy atom. The van der Waals surface area contributed by atoms with Crippen molar-refractivity contribution in [3.05, 3.63) is 65.2 Å². The van der Waals surface area contributed by atoms with E-state index < -0.39 is 23.8 Å². The van der Waals surface area contributed by atoms with E-state index in [9.17, 15) is 18.7 Å². The topological polar surface area (TPSA) is 52.6 Å². The first-order valence-corrected chi connectivity index (χ1v) is 7.51. The van der Waals surface area contributed by atoms with Gasteiger partial charge in [0.25, 0.3) is 5.91 Å².